The molecule has 0 bridgehead atoms. The predicted octanol–water partition coefficient (Wildman–Crippen LogP) is 3.20. The average Bonchev–Trinajstić information content (AvgIpc) is 3.17. The van der Waals surface area contributed by atoms with Crippen molar-refractivity contribution < 1.29 is 14.6 Å². The van der Waals surface area contributed by atoms with Gasteiger partial charge in [0.15, 0.2) is 0 Å². The van der Waals surface area contributed by atoms with Crippen molar-refractivity contribution in [3.05, 3.63) is 41.5 Å². The number of fused-ring (bicyclic) bond motifs is 1. The molecule has 4 rings (SSSR count). The Balaban J connectivity index is 1.58. The summed E-state index contributed by atoms with van der Waals surface area (Å²) < 4.78 is 10.7. The summed E-state index contributed by atoms with van der Waals surface area (Å²) >= 11 is 1.62. The maximum absolute atomic E-state index is 11.3. The van der Waals surface area contributed by atoms with E-state index in [1.54, 1.807) is 31.9 Å². The van der Waals surface area contributed by atoms with E-state index >= 15 is 0 Å². The number of aromatic nitrogens is 2. The first-order chi connectivity index (χ1) is 12.6. The molecule has 1 aromatic carbocycles. The van der Waals surface area contributed by atoms with E-state index in [1.807, 2.05) is 23.6 Å². The second kappa shape index (κ2) is 6.74. The number of anilines is 1. The first-order valence-electron chi connectivity index (χ1n) is 8.52. The van der Waals surface area contributed by atoms with Gasteiger partial charge in [0.05, 0.1) is 25.2 Å². The molecule has 1 fully saturated rings. The minimum Gasteiger partial charge on any atom is -0.497 e. The molecule has 0 amide bonds. The normalized spacial score (nSPS) is 16.7. The van der Waals surface area contributed by atoms with Gasteiger partial charge in [0.2, 0.25) is 0 Å². The highest BCUT2D eigenvalue weighted by molar-refractivity contribution is 7.16. The van der Waals surface area contributed by atoms with Crippen LogP contribution < -0.4 is 14.4 Å². The van der Waals surface area contributed by atoms with Gasteiger partial charge in [-0.1, -0.05) is 0 Å². The van der Waals surface area contributed by atoms with Crippen molar-refractivity contribution in [2.24, 2.45) is 0 Å². The molecule has 7 heteroatoms. The van der Waals surface area contributed by atoms with E-state index in [4.69, 9.17) is 9.47 Å². The molecule has 1 N–H and O–H groups in total. The van der Waals surface area contributed by atoms with Gasteiger partial charge in [-0.15, -0.1) is 11.3 Å². The first-order valence-corrected chi connectivity index (χ1v) is 9.40. The molecule has 1 aliphatic heterocycles. The lowest BCUT2D eigenvalue weighted by atomic mass is 9.84. The minimum absolute atomic E-state index is 0.610. The van der Waals surface area contributed by atoms with Gasteiger partial charge >= 0.3 is 0 Å². The number of nitrogens with zero attached hydrogens (tertiary/aromatic N) is 3. The van der Waals surface area contributed by atoms with Crippen molar-refractivity contribution in [1.29, 1.82) is 0 Å². The number of hydrogen-bond acceptors (Lipinski definition) is 7. The van der Waals surface area contributed by atoms with Crippen molar-refractivity contribution in [3.8, 4) is 11.5 Å². The Morgan fingerprint density at radius 2 is 1.77 bits per heavy atom. The number of benzene rings is 1. The topological polar surface area (TPSA) is 67.7 Å². The van der Waals surface area contributed by atoms with Crippen LogP contribution >= 0.6 is 11.3 Å². The zero-order chi connectivity index (χ0) is 18.1. The van der Waals surface area contributed by atoms with Crippen LogP contribution in [0.3, 0.4) is 0 Å². The molecular formula is C19H21N3O3S. The molecule has 0 unspecified atom stereocenters. The lowest BCUT2D eigenvalue weighted by molar-refractivity contribution is 0.0113. The number of aliphatic hydroxyl groups is 1. The van der Waals surface area contributed by atoms with Gasteiger partial charge in [-0.05, 0) is 42.0 Å². The highest BCUT2D eigenvalue weighted by Gasteiger charge is 2.35. The summed E-state index contributed by atoms with van der Waals surface area (Å²) in [6.07, 6.45) is 2.83. The monoisotopic (exact) mass is 371 g/mol. The molecule has 1 saturated heterocycles. The van der Waals surface area contributed by atoms with Crippen molar-refractivity contribution in [2.45, 2.75) is 18.4 Å². The zero-order valence-electron chi connectivity index (χ0n) is 14.8. The molecule has 3 aromatic rings. The molecule has 3 heterocycles. The van der Waals surface area contributed by atoms with Gasteiger partial charge in [0.1, 0.15) is 28.5 Å². The molecule has 6 nitrogen and oxygen atoms in total. The molecule has 0 saturated carbocycles. The van der Waals surface area contributed by atoms with Crippen LogP contribution in [0.15, 0.2) is 36.0 Å². The molecule has 26 heavy (non-hydrogen) atoms. The van der Waals surface area contributed by atoms with E-state index in [2.05, 4.69) is 20.9 Å². The maximum atomic E-state index is 11.3. The third-order valence-corrected chi connectivity index (χ3v) is 5.84. The first kappa shape index (κ1) is 17.1. The van der Waals surface area contributed by atoms with Crippen LogP contribution in [0, 0.1) is 0 Å². The van der Waals surface area contributed by atoms with E-state index in [0.29, 0.717) is 24.3 Å². The Kier molecular flexibility index (Phi) is 4.42. The van der Waals surface area contributed by atoms with Crippen LogP contribution in [-0.4, -0.2) is 42.4 Å². The third-order valence-electron chi connectivity index (χ3n) is 5.02. The fourth-order valence-electron chi connectivity index (χ4n) is 3.48. The minimum atomic E-state index is -0.904. The molecule has 0 atom stereocenters. The summed E-state index contributed by atoms with van der Waals surface area (Å²) in [6.45, 7) is 1.44. The lowest BCUT2D eigenvalue weighted by Gasteiger charge is -2.39. The summed E-state index contributed by atoms with van der Waals surface area (Å²) in [5.74, 6) is 2.32. The van der Waals surface area contributed by atoms with Crippen LogP contribution in [0.2, 0.25) is 0 Å². The van der Waals surface area contributed by atoms with Crippen LogP contribution in [0.4, 0.5) is 5.82 Å². The van der Waals surface area contributed by atoms with Gasteiger partial charge in [0, 0.05) is 19.2 Å². The van der Waals surface area contributed by atoms with Crippen molar-refractivity contribution in [2.75, 3.05) is 32.2 Å². The SMILES string of the molecule is COc1cc(OC)cc(C2(O)CCN(c3ncnc4sccc34)CC2)c1. The predicted molar refractivity (Wildman–Crippen MR) is 102 cm³/mol. The Morgan fingerprint density at radius 1 is 1.08 bits per heavy atom. The Morgan fingerprint density at radius 3 is 2.42 bits per heavy atom. The van der Waals surface area contributed by atoms with Gasteiger partial charge < -0.3 is 19.5 Å². The van der Waals surface area contributed by atoms with Crippen LogP contribution in [0.5, 0.6) is 11.5 Å². The second-order valence-corrected chi connectivity index (χ2v) is 7.35. The summed E-state index contributed by atoms with van der Waals surface area (Å²) in [5, 5.41) is 14.4. The zero-order valence-corrected chi connectivity index (χ0v) is 15.6. The van der Waals surface area contributed by atoms with E-state index < -0.39 is 5.60 Å². The Hall–Kier alpha value is -2.38. The molecular weight excluding hydrogens is 350 g/mol. The quantitative estimate of drug-likeness (QED) is 0.760. The summed E-state index contributed by atoms with van der Waals surface area (Å²) in [7, 11) is 3.23. The summed E-state index contributed by atoms with van der Waals surface area (Å²) in [5.41, 5.74) is -0.0734. The third kappa shape index (κ3) is 2.97. The molecule has 1 aliphatic rings. The fraction of sp³-hybridized carbons (Fsp3) is 0.368. The number of rotatable bonds is 4. The van der Waals surface area contributed by atoms with E-state index in [0.717, 1.165) is 34.7 Å². The molecule has 2 aromatic heterocycles. The highest BCUT2D eigenvalue weighted by atomic mass is 32.1. The van der Waals surface area contributed by atoms with Crippen LogP contribution in [-0.2, 0) is 5.60 Å². The smallest absolute Gasteiger partial charge is 0.140 e. The summed E-state index contributed by atoms with van der Waals surface area (Å²) in [6, 6.07) is 7.65. The lowest BCUT2D eigenvalue weighted by Crippen LogP contribution is -2.43. The largest absolute Gasteiger partial charge is 0.497 e. The molecule has 0 aliphatic carbocycles. The van der Waals surface area contributed by atoms with E-state index in [9.17, 15) is 5.11 Å². The Labute approximate surface area is 156 Å². The molecule has 0 spiro atoms. The van der Waals surface area contributed by atoms with Gasteiger partial charge in [-0.3, -0.25) is 0 Å². The fourth-order valence-corrected chi connectivity index (χ4v) is 4.21. The summed E-state index contributed by atoms with van der Waals surface area (Å²) in [4.78, 5) is 12.0. The Bertz CT molecular complexity index is 897. The number of thiophene rings is 1. The van der Waals surface area contributed by atoms with Gasteiger partial charge in [-0.25, -0.2) is 9.97 Å². The van der Waals surface area contributed by atoms with Gasteiger partial charge in [-0.2, -0.15) is 0 Å². The van der Waals surface area contributed by atoms with Crippen LogP contribution in [0.1, 0.15) is 18.4 Å². The van der Waals surface area contributed by atoms with Crippen LogP contribution in [0.25, 0.3) is 10.2 Å². The number of ether oxygens (including phenoxy) is 2. The van der Waals surface area contributed by atoms with Crippen molar-refractivity contribution >= 4 is 27.4 Å². The average molecular weight is 371 g/mol. The second-order valence-electron chi connectivity index (χ2n) is 6.46. The number of piperidine rings is 1. The molecule has 0 radical (unpaired) electrons. The highest BCUT2D eigenvalue weighted by Crippen LogP contribution is 2.38. The molecule has 136 valence electrons. The van der Waals surface area contributed by atoms with Crippen molar-refractivity contribution in [3.63, 3.8) is 0 Å². The van der Waals surface area contributed by atoms with Gasteiger partial charge in [0.25, 0.3) is 0 Å². The van der Waals surface area contributed by atoms with Crippen molar-refractivity contribution in [1.82, 2.24) is 9.97 Å². The standard InChI is InChI=1S/C19H21N3O3S/c1-24-14-9-13(10-15(11-14)25-2)19(23)4-6-22(7-5-19)17-16-3-8-26-18(16)21-12-20-17/h3,8-12,23H,4-7H2,1-2H3. The number of methoxy groups -OCH3 is 2. The maximum Gasteiger partial charge on any atom is 0.140 e. The van der Waals surface area contributed by atoms with E-state index in [1.165, 1.54) is 0 Å². The number of hydrogen-bond donors (Lipinski definition) is 1. The van der Waals surface area contributed by atoms with E-state index in [-0.39, 0.29) is 0 Å².